The number of likely N-dealkylation sites (tertiary alicyclic amines) is 1. The lowest BCUT2D eigenvalue weighted by atomic mass is 9.88. The van der Waals surface area contributed by atoms with Crippen LogP contribution in [0, 0.1) is 12.8 Å². The SMILES string of the molecule is CCC(C)NC(=O)C(NC(=O)c1ccccc1C)C1CCN(C(=O)c2cccc(OC)c2)CC1. The summed E-state index contributed by atoms with van der Waals surface area (Å²) in [7, 11) is 1.57. The summed E-state index contributed by atoms with van der Waals surface area (Å²) in [6.45, 7) is 6.88. The first kappa shape index (κ1) is 25.3. The zero-order valence-corrected chi connectivity index (χ0v) is 20.5. The van der Waals surface area contributed by atoms with Crippen LogP contribution in [0.5, 0.6) is 5.75 Å². The Labute approximate surface area is 201 Å². The maximum atomic E-state index is 13.2. The molecule has 1 saturated heterocycles. The molecule has 1 aliphatic rings. The lowest BCUT2D eigenvalue weighted by Gasteiger charge is -2.36. The third-order valence-electron chi connectivity index (χ3n) is 6.57. The standard InChI is InChI=1S/C27H35N3O4/c1-5-19(3)28-26(32)24(29-25(31)23-12-7-6-9-18(23)2)20-13-15-30(16-14-20)27(33)21-10-8-11-22(17-21)34-4/h6-12,17,19-20,24H,5,13-16H2,1-4H3,(H,28,32)(H,29,31). The van der Waals surface area contributed by atoms with Gasteiger partial charge in [0.2, 0.25) is 5.91 Å². The van der Waals surface area contributed by atoms with Crippen LogP contribution in [0.1, 0.15) is 59.4 Å². The molecule has 1 heterocycles. The molecule has 182 valence electrons. The topological polar surface area (TPSA) is 87.7 Å². The minimum absolute atomic E-state index is 0.0140. The van der Waals surface area contributed by atoms with Crippen LogP contribution < -0.4 is 15.4 Å². The van der Waals surface area contributed by atoms with Crippen LogP contribution in [0.2, 0.25) is 0 Å². The normalized spacial score (nSPS) is 15.8. The molecule has 0 radical (unpaired) electrons. The minimum Gasteiger partial charge on any atom is -0.497 e. The largest absolute Gasteiger partial charge is 0.497 e. The molecule has 2 aromatic rings. The van der Waals surface area contributed by atoms with Gasteiger partial charge in [0.15, 0.2) is 0 Å². The van der Waals surface area contributed by atoms with Crippen LogP contribution >= 0.6 is 0 Å². The number of piperidine rings is 1. The summed E-state index contributed by atoms with van der Waals surface area (Å²) in [5, 5.41) is 6.02. The number of rotatable bonds is 8. The highest BCUT2D eigenvalue weighted by Crippen LogP contribution is 2.24. The van der Waals surface area contributed by atoms with Gasteiger partial charge >= 0.3 is 0 Å². The van der Waals surface area contributed by atoms with E-state index in [1.165, 1.54) is 0 Å². The molecular weight excluding hydrogens is 430 g/mol. The number of hydrogen-bond acceptors (Lipinski definition) is 4. The van der Waals surface area contributed by atoms with Crippen molar-refractivity contribution in [3.8, 4) is 5.75 Å². The molecule has 2 N–H and O–H groups in total. The predicted molar refractivity (Wildman–Crippen MR) is 132 cm³/mol. The van der Waals surface area contributed by atoms with Gasteiger partial charge in [-0.2, -0.15) is 0 Å². The molecule has 1 aliphatic heterocycles. The van der Waals surface area contributed by atoms with Gasteiger partial charge in [-0.05, 0) is 68.9 Å². The second-order valence-corrected chi connectivity index (χ2v) is 8.95. The number of aryl methyl sites for hydroxylation is 1. The molecule has 1 fully saturated rings. The van der Waals surface area contributed by atoms with Crippen LogP contribution in [-0.4, -0.2) is 54.9 Å². The van der Waals surface area contributed by atoms with Crippen LogP contribution in [-0.2, 0) is 4.79 Å². The Morgan fingerprint density at radius 3 is 2.41 bits per heavy atom. The van der Waals surface area contributed by atoms with E-state index in [0.717, 1.165) is 12.0 Å². The van der Waals surface area contributed by atoms with E-state index in [9.17, 15) is 14.4 Å². The second-order valence-electron chi connectivity index (χ2n) is 8.95. The van der Waals surface area contributed by atoms with Crippen molar-refractivity contribution in [2.75, 3.05) is 20.2 Å². The van der Waals surface area contributed by atoms with E-state index in [1.807, 2.05) is 39.0 Å². The average Bonchev–Trinajstić information content (AvgIpc) is 2.87. The van der Waals surface area contributed by atoms with Crippen molar-refractivity contribution in [2.45, 2.75) is 52.1 Å². The van der Waals surface area contributed by atoms with Crippen molar-refractivity contribution in [2.24, 2.45) is 5.92 Å². The van der Waals surface area contributed by atoms with Crippen molar-refractivity contribution >= 4 is 17.7 Å². The van der Waals surface area contributed by atoms with Crippen LogP contribution in [0.15, 0.2) is 48.5 Å². The number of nitrogens with zero attached hydrogens (tertiary/aromatic N) is 1. The highest BCUT2D eigenvalue weighted by molar-refractivity contribution is 5.99. The van der Waals surface area contributed by atoms with Gasteiger partial charge in [-0.1, -0.05) is 31.2 Å². The van der Waals surface area contributed by atoms with Crippen molar-refractivity contribution in [3.05, 3.63) is 65.2 Å². The highest BCUT2D eigenvalue weighted by Gasteiger charge is 2.34. The van der Waals surface area contributed by atoms with E-state index in [4.69, 9.17) is 4.74 Å². The predicted octanol–water partition coefficient (Wildman–Crippen LogP) is 3.57. The Kier molecular flexibility index (Phi) is 8.68. The van der Waals surface area contributed by atoms with Gasteiger partial charge < -0.3 is 20.3 Å². The molecule has 34 heavy (non-hydrogen) atoms. The molecule has 0 saturated carbocycles. The Bertz CT molecular complexity index is 1010. The Morgan fingerprint density at radius 1 is 1.06 bits per heavy atom. The summed E-state index contributed by atoms with van der Waals surface area (Å²) < 4.78 is 5.23. The summed E-state index contributed by atoms with van der Waals surface area (Å²) in [6.07, 6.45) is 2.06. The Balaban J connectivity index is 1.71. The van der Waals surface area contributed by atoms with Gasteiger partial charge in [0.05, 0.1) is 7.11 Å². The maximum Gasteiger partial charge on any atom is 0.253 e. The molecule has 2 aromatic carbocycles. The van der Waals surface area contributed by atoms with Gasteiger partial charge in [-0.3, -0.25) is 14.4 Å². The molecule has 3 amide bonds. The van der Waals surface area contributed by atoms with Crippen LogP contribution in [0.4, 0.5) is 0 Å². The summed E-state index contributed by atoms with van der Waals surface area (Å²) in [5.74, 6) is 0.0980. The molecule has 7 heteroatoms. The smallest absolute Gasteiger partial charge is 0.253 e. The van der Waals surface area contributed by atoms with Gasteiger partial charge in [-0.15, -0.1) is 0 Å². The quantitative estimate of drug-likeness (QED) is 0.624. The lowest BCUT2D eigenvalue weighted by Crippen LogP contribution is -2.55. The van der Waals surface area contributed by atoms with E-state index in [-0.39, 0.29) is 29.7 Å². The molecule has 2 atom stereocenters. The first-order chi connectivity index (χ1) is 16.3. The maximum absolute atomic E-state index is 13.2. The first-order valence-electron chi connectivity index (χ1n) is 11.9. The van der Waals surface area contributed by atoms with Crippen molar-refractivity contribution < 1.29 is 19.1 Å². The second kappa shape index (κ2) is 11.7. The summed E-state index contributed by atoms with van der Waals surface area (Å²) >= 11 is 0. The van der Waals surface area contributed by atoms with Crippen molar-refractivity contribution in [3.63, 3.8) is 0 Å². The van der Waals surface area contributed by atoms with Crippen LogP contribution in [0.25, 0.3) is 0 Å². The number of nitrogens with one attached hydrogen (secondary N) is 2. The fourth-order valence-corrected chi connectivity index (χ4v) is 4.25. The molecular formula is C27H35N3O4. The van der Waals surface area contributed by atoms with Gasteiger partial charge in [-0.25, -0.2) is 0 Å². The van der Waals surface area contributed by atoms with E-state index >= 15 is 0 Å². The van der Waals surface area contributed by atoms with Gasteiger partial charge in [0.1, 0.15) is 11.8 Å². The number of ether oxygens (including phenoxy) is 1. The third-order valence-corrected chi connectivity index (χ3v) is 6.57. The molecule has 0 aromatic heterocycles. The Hall–Kier alpha value is -3.35. The third kappa shape index (κ3) is 6.16. The van der Waals surface area contributed by atoms with E-state index in [0.29, 0.717) is 42.8 Å². The minimum atomic E-state index is -0.657. The Morgan fingerprint density at radius 2 is 1.76 bits per heavy atom. The van der Waals surface area contributed by atoms with E-state index in [2.05, 4.69) is 10.6 Å². The summed E-state index contributed by atoms with van der Waals surface area (Å²) in [6, 6.07) is 13.8. The molecule has 0 spiro atoms. The first-order valence-corrected chi connectivity index (χ1v) is 11.9. The van der Waals surface area contributed by atoms with Crippen molar-refractivity contribution in [1.82, 2.24) is 15.5 Å². The molecule has 0 bridgehead atoms. The van der Waals surface area contributed by atoms with Gasteiger partial charge in [0.25, 0.3) is 11.8 Å². The summed E-state index contributed by atoms with van der Waals surface area (Å²) in [4.78, 5) is 41.0. The molecule has 0 aliphatic carbocycles. The number of methoxy groups -OCH3 is 1. The number of benzene rings is 2. The number of amides is 3. The van der Waals surface area contributed by atoms with Gasteiger partial charge in [0, 0.05) is 30.3 Å². The zero-order valence-electron chi connectivity index (χ0n) is 20.5. The van der Waals surface area contributed by atoms with Crippen molar-refractivity contribution in [1.29, 1.82) is 0 Å². The molecule has 2 unspecified atom stereocenters. The fourth-order valence-electron chi connectivity index (χ4n) is 4.25. The zero-order chi connectivity index (χ0) is 24.7. The summed E-state index contributed by atoms with van der Waals surface area (Å²) in [5.41, 5.74) is 2.01. The number of hydrogen-bond donors (Lipinski definition) is 2. The highest BCUT2D eigenvalue weighted by atomic mass is 16.5. The monoisotopic (exact) mass is 465 g/mol. The van der Waals surface area contributed by atoms with Crippen LogP contribution in [0.3, 0.4) is 0 Å². The van der Waals surface area contributed by atoms with E-state index < -0.39 is 6.04 Å². The lowest BCUT2D eigenvalue weighted by molar-refractivity contribution is -0.125. The number of carbonyl (C=O) groups is 3. The molecule has 7 nitrogen and oxygen atoms in total. The van der Waals surface area contributed by atoms with E-state index in [1.54, 1.807) is 42.3 Å². The number of carbonyl (C=O) groups excluding carboxylic acids is 3. The fraction of sp³-hybridized carbons (Fsp3) is 0.444. The average molecular weight is 466 g/mol. The molecule has 3 rings (SSSR count).